The Bertz CT molecular complexity index is 1350. The highest BCUT2D eigenvalue weighted by atomic mass is 32.2. The minimum atomic E-state index is -4.11. The Morgan fingerprint density at radius 1 is 0.822 bits per heavy atom. The molecule has 0 aromatic heterocycles. The van der Waals surface area contributed by atoms with Gasteiger partial charge in [0.1, 0.15) is 23.7 Å². The van der Waals surface area contributed by atoms with Gasteiger partial charge in [0, 0.05) is 13.0 Å². The van der Waals surface area contributed by atoms with Crippen LogP contribution >= 0.6 is 11.8 Å². The maximum atomic E-state index is 13.5. The zero-order valence-corrected chi connectivity index (χ0v) is 28.0. The van der Waals surface area contributed by atoms with Crippen LogP contribution in [-0.2, 0) is 46.7 Å². The van der Waals surface area contributed by atoms with Gasteiger partial charge in [-0.3, -0.25) is 9.59 Å². The lowest BCUT2D eigenvalue weighted by Gasteiger charge is -2.24. The van der Waals surface area contributed by atoms with Crippen molar-refractivity contribution in [1.82, 2.24) is 20.7 Å². The van der Waals surface area contributed by atoms with Crippen LogP contribution in [-0.4, -0.2) is 87.4 Å². The molecule has 2 rings (SSSR count). The molecule has 4 N–H and O–H groups in total. The average Bonchev–Trinajstić information content (AvgIpc) is 2.98. The number of esters is 1. The van der Waals surface area contributed by atoms with Crippen LogP contribution in [0, 0.1) is 0 Å². The van der Waals surface area contributed by atoms with E-state index in [2.05, 4.69) is 20.7 Å². The Morgan fingerprint density at radius 3 is 1.89 bits per heavy atom. The lowest BCUT2D eigenvalue weighted by atomic mass is 10.0. The van der Waals surface area contributed by atoms with Crippen LogP contribution in [0.25, 0.3) is 0 Å². The predicted molar refractivity (Wildman–Crippen MR) is 174 cm³/mol. The number of nitrogens with one attached hydrogen (secondary N) is 4. The van der Waals surface area contributed by atoms with Gasteiger partial charge in [-0.25, -0.2) is 22.7 Å². The number of benzene rings is 2. The third-order valence-corrected chi connectivity index (χ3v) is 8.32. The SMILES string of the molecule is COC(=O)[C@H](Cc1ccccc1)NC(=O)[C@H](Cc1ccccc1)NS(=O)(=O)CCNC(=O)[C@H](CCSC)NC(=O)OC(C)(C)C. The number of carbonyl (C=O) groups is 4. The summed E-state index contributed by atoms with van der Waals surface area (Å²) in [5, 5.41) is 7.73. The Labute approximate surface area is 269 Å². The second-order valence-corrected chi connectivity index (χ2v) is 14.1. The van der Waals surface area contributed by atoms with Gasteiger partial charge in [0.25, 0.3) is 0 Å². The number of thioether (sulfide) groups is 1. The smallest absolute Gasteiger partial charge is 0.408 e. The van der Waals surface area contributed by atoms with Crippen molar-refractivity contribution in [1.29, 1.82) is 0 Å². The van der Waals surface area contributed by atoms with Crippen molar-refractivity contribution in [2.24, 2.45) is 0 Å². The highest BCUT2D eigenvalue weighted by Crippen LogP contribution is 2.10. The van der Waals surface area contributed by atoms with Crippen molar-refractivity contribution < 1.29 is 37.1 Å². The third-order valence-electron chi connectivity index (χ3n) is 6.29. The molecule has 0 fully saturated rings. The van der Waals surface area contributed by atoms with Gasteiger partial charge >= 0.3 is 12.1 Å². The largest absolute Gasteiger partial charge is 0.467 e. The van der Waals surface area contributed by atoms with E-state index in [-0.39, 0.29) is 19.4 Å². The number of alkyl carbamates (subject to hydrolysis) is 1. The highest BCUT2D eigenvalue weighted by molar-refractivity contribution is 7.98. The van der Waals surface area contributed by atoms with Crippen LogP contribution < -0.4 is 20.7 Å². The minimum Gasteiger partial charge on any atom is -0.467 e. The molecule has 0 unspecified atom stereocenters. The summed E-state index contributed by atoms with van der Waals surface area (Å²) >= 11 is 1.49. The van der Waals surface area contributed by atoms with Crippen LogP contribution in [0.5, 0.6) is 0 Å². The highest BCUT2D eigenvalue weighted by Gasteiger charge is 2.30. The molecular formula is C31H44N4O8S2. The molecule has 0 saturated carbocycles. The molecule has 2 aromatic rings. The average molecular weight is 665 g/mol. The van der Waals surface area contributed by atoms with Crippen LogP contribution in [0.2, 0.25) is 0 Å². The number of rotatable bonds is 17. The van der Waals surface area contributed by atoms with Gasteiger partial charge in [-0.1, -0.05) is 60.7 Å². The van der Waals surface area contributed by atoms with Crippen molar-refractivity contribution in [3.05, 3.63) is 71.8 Å². The molecule has 12 nitrogen and oxygen atoms in total. The fourth-order valence-electron chi connectivity index (χ4n) is 4.16. The van der Waals surface area contributed by atoms with Crippen molar-refractivity contribution in [2.75, 3.05) is 31.4 Å². The molecular weight excluding hydrogens is 620 g/mol. The first kappa shape index (κ1) is 37.6. The van der Waals surface area contributed by atoms with Gasteiger partial charge in [-0.15, -0.1) is 0 Å². The minimum absolute atomic E-state index is 0.00800. The van der Waals surface area contributed by atoms with Gasteiger partial charge in [-0.2, -0.15) is 11.8 Å². The summed E-state index contributed by atoms with van der Waals surface area (Å²) in [4.78, 5) is 51.1. The number of methoxy groups -OCH3 is 1. The molecule has 3 atom stereocenters. The normalized spacial score (nSPS) is 13.5. The van der Waals surface area contributed by atoms with E-state index in [0.29, 0.717) is 17.7 Å². The molecule has 0 aliphatic carbocycles. The molecule has 45 heavy (non-hydrogen) atoms. The van der Waals surface area contributed by atoms with Gasteiger partial charge in [0.05, 0.1) is 12.9 Å². The summed E-state index contributed by atoms with van der Waals surface area (Å²) in [5.74, 6) is -1.92. The fourth-order valence-corrected chi connectivity index (χ4v) is 5.74. The maximum absolute atomic E-state index is 13.5. The first-order chi connectivity index (χ1) is 21.2. The van der Waals surface area contributed by atoms with E-state index in [4.69, 9.17) is 9.47 Å². The van der Waals surface area contributed by atoms with E-state index in [1.807, 2.05) is 12.3 Å². The molecule has 0 spiro atoms. The standard InChI is InChI=1S/C31H44N4O8S2/c1-31(2,3)43-30(39)34-24(16-18-44-5)27(36)32-17-19-45(40,41)35-25(20-22-12-8-6-9-13-22)28(37)33-26(29(38)42-4)21-23-14-10-7-11-15-23/h6-15,24-26,35H,16-21H2,1-5H3,(H,32,36)(H,33,37)(H,34,39)/t24-,25-,26-/m0/s1. The maximum Gasteiger partial charge on any atom is 0.408 e. The zero-order chi connectivity index (χ0) is 33.5. The number of hydrogen-bond acceptors (Lipinski definition) is 9. The van der Waals surface area contributed by atoms with Crippen molar-refractivity contribution in [3.63, 3.8) is 0 Å². The first-order valence-electron chi connectivity index (χ1n) is 14.4. The summed E-state index contributed by atoms with van der Waals surface area (Å²) in [6.07, 6.45) is 1.56. The summed E-state index contributed by atoms with van der Waals surface area (Å²) in [6, 6.07) is 14.6. The van der Waals surface area contributed by atoms with Crippen LogP contribution in [0.4, 0.5) is 4.79 Å². The van der Waals surface area contributed by atoms with Crippen LogP contribution in [0.3, 0.4) is 0 Å². The molecule has 0 aliphatic heterocycles. The van der Waals surface area contributed by atoms with E-state index in [1.165, 1.54) is 18.9 Å². The summed E-state index contributed by atoms with van der Waals surface area (Å²) in [5.41, 5.74) is 0.711. The Kier molecular flexibility index (Phi) is 15.3. The second kappa shape index (κ2) is 18.4. The zero-order valence-electron chi connectivity index (χ0n) is 26.3. The topological polar surface area (TPSA) is 169 Å². The summed E-state index contributed by atoms with van der Waals surface area (Å²) in [7, 11) is -2.90. The number of sulfonamides is 1. The van der Waals surface area contributed by atoms with E-state index in [1.54, 1.807) is 75.4 Å². The third kappa shape index (κ3) is 14.8. The number of carbonyl (C=O) groups excluding carboxylic acids is 4. The lowest BCUT2D eigenvalue weighted by molar-refractivity contribution is -0.145. The molecule has 0 bridgehead atoms. The summed E-state index contributed by atoms with van der Waals surface area (Å²) < 4.78 is 38.8. The van der Waals surface area contributed by atoms with Gasteiger partial charge in [0.15, 0.2) is 0 Å². The van der Waals surface area contributed by atoms with E-state index >= 15 is 0 Å². The monoisotopic (exact) mass is 664 g/mol. The molecule has 0 heterocycles. The van der Waals surface area contributed by atoms with Crippen LogP contribution in [0.15, 0.2) is 60.7 Å². The molecule has 0 aliphatic rings. The lowest BCUT2D eigenvalue weighted by Crippen LogP contribution is -2.54. The van der Waals surface area contributed by atoms with Crippen molar-refractivity contribution >= 4 is 45.7 Å². The number of ether oxygens (including phenoxy) is 2. The summed E-state index contributed by atoms with van der Waals surface area (Å²) in [6.45, 7) is 4.82. The van der Waals surface area contributed by atoms with Gasteiger partial charge < -0.3 is 25.4 Å². The molecule has 2 aromatic carbocycles. The fraction of sp³-hybridized carbons (Fsp3) is 0.484. The van der Waals surface area contributed by atoms with Crippen molar-refractivity contribution in [3.8, 4) is 0 Å². The Hall–Kier alpha value is -3.62. The number of amides is 3. The van der Waals surface area contributed by atoms with Gasteiger partial charge in [0.2, 0.25) is 21.8 Å². The predicted octanol–water partition coefficient (Wildman–Crippen LogP) is 2.18. The van der Waals surface area contributed by atoms with E-state index < -0.39 is 63.4 Å². The Balaban J connectivity index is 2.12. The molecule has 14 heteroatoms. The molecule has 0 saturated heterocycles. The molecule has 0 radical (unpaired) electrons. The first-order valence-corrected chi connectivity index (χ1v) is 17.5. The molecule has 3 amide bonds. The quantitative estimate of drug-likeness (QED) is 0.185. The second-order valence-electron chi connectivity index (χ2n) is 11.2. The molecule has 248 valence electrons. The van der Waals surface area contributed by atoms with Crippen LogP contribution in [0.1, 0.15) is 38.3 Å². The van der Waals surface area contributed by atoms with E-state index in [0.717, 1.165) is 5.56 Å². The van der Waals surface area contributed by atoms with Crippen molar-refractivity contribution in [2.45, 2.75) is 63.8 Å². The Morgan fingerprint density at radius 2 is 1.38 bits per heavy atom. The van der Waals surface area contributed by atoms with Gasteiger partial charge in [-0.05, 0) is 56.7 Å². The number of hydrogen-bond donors (Lipinski definition) is 4. The van der Waals surface area contributed by atoms with E-state index in [9.17, 15) is 27.6 Å².